The summed E-state index contributed by atoms with van der Waals surface area (Å²) in [4.78, 5) is 32.5. The van der Waals surface area contributed by atoms with Gasteiger partial charge >= 0.3 is 0 Å². The van der Waals surface area contributed by atoms with Crippen molar-refractivity contribution in [1.82, 2.24) is 4.98 Å². The minimum absolute atomic E-state index is 0.0276. The van der Waals surface area contributed by atoms with Crippen molar-refractivity contribution >= 4 is 61.3 Å². The lowest BCUT2D eigenvalue weighted by Gasteiger charge is -2.24. The van der Waals surface area contributed by atoms with Crippen molar-refractivity contribution in [2.75, 3.05) is 4.90 Å². The second kappa shape index (κ2) is 7.56. The summed E-state index contributed by atoms with van der Waals surface area (Å²) in [6.07, 6.45) is 0. The Morgan fingerprint density at radius 1 is 1.16 bits per heavy atom. The number of nitrogens with zero attached hydrogens (tertiary/aromatic N) is 2. The van der Waals surface area contributed by atoms with E-state index in [1.54, 1.807) is 41.8 Å². The Balaban J connectivity index is 1.68. The van der Waals surface area contributed by atoms with Crippen LogP contribution in [0.4, 0.5) is 9.52 Å². The molecule has 154 valence electrons. The third kappa shape index (κ3) is 3.33. The van der Waals surface area contributed by atoms with E-state index in [0.717, 1.165) is 11.3 Å². The molecule has 0 bridgehead atoms. The van der Waals surface area contributed by atoms with E-state index in [0.29, 0.717) is 25.7 Å². The van der Waals surface area contributed by atoms with Crippen molar-refractivity contribution in [3.8, 4) is 0 Å². The topological polar surface area (TPSA) is 70.5 Å². The number of ketones is 1. The van der Waals surface area contributed by atoms with E-state index in [4.69, 9.17) is 11.6 Å². The minimum atomic E-state index is -0.898. The van der Waals surface area contributed by atoms with Gasteiger partial charge in [-0.05, 0) is 47.3 Å². The summed E-state index contributed by atoms with van der Waals surface area (Å²) in [6, 6.07) is 13.3. The number of fused-ring (bicyclic) bond motifs is 1. The molecule has 1 N–H and O–H groups in total. The van der Waals surface area contributed by atoms with Gasteiger partial charge in [0.1, 0.15) is 5.82 Å². The SMILES string of the molecule is O=C(C1=C(O)C(=O)N(c2nc3ccc(F)cc3s2)[C@H]1c1ccc(Cl)cc1)c1cccs1. The van der Waals surface area contributed by atoms with E-state index < -0.39 is 29.3 Å². The van der Waals surface area contributed by atoms with Crippen molar-refractivity contribution in [2.45, 2.75) is 6.04 Å². The Labute approximate surface area is 188 Å². The van der Waals surface area contributed by atoms with Crippen molar-refractivity contribution in [1.29, 1.82) is 0 Å². The molecule has 5 rings (SSSR count). The molecule has 0 spiro atoms. The van der Waals surface area contributed by atoms with Crippen molar-refractivity contribution < 1.29 is 19.1 Å². The van der Waals surface area contributed by atoms with Crippen LogP contribution in [0.1, 0.15) is 21.3 Å². The van der Waals surface area contributed by atoms with Crippen molar-refractivity contribution in [3.63, 3.8) is 0 Å². The van der Waals surface area contributed by atoms with Gasteiger partial charge in [0.15, 0.2) is 10.9 Å². The number of anilines is 1. The summed E-state index contributed by atoms with van der Waals surface area (Å²) < 4.78 is 14.2. The monoisotopic (exact) mass is 470 g/mol. The van der Waals surface area contributed by atoms with Crippen LogP contribution in [0.5, 0.6) is 0 Å². The third-order valence-electron chi connectivity index (χ3n) is 4.93. The number of aliphatic hydroxyl groups excluding tert-OH is 1. The second-order valence-electron chi connectivity index (χ2n) is 6.81. The number of aromatic nitrogens is 1. The molecule has 0 saturated heterocycles. The number of carbonyl (C=O) groups excluding carboxylic acids is 2. The quantitative estimate of drug-likeness (QED) is 0.375. The number of thiophene rings is 1. The van der Waals surface area contributed by atoms with Crippen LogP contribution < -0.4 is 4.90 Å². The van der Waals surface area contributed by atoms with Gasteiger partial charge in [0.25, 0.3) is 5.91 Å². The summed E-state index contributed by atoms with van der Waals surface area (Å²) >= 11 is 8.36. The van der Waals surface area contributed by atoms with E-state index in [1.165, 1.54) is 34.4 Å². The van der Waals surface area contributed by atoms with Crippen LogP contribution in [0.15, 0.2) is 71.3 Å². The summed E-state index contributed by atoms with van der Waals surface area (Å²) in [6.45, 7) is 0. The Bertz CT molecular complexity index is 1360. The fourth-order valence-corrected chi connectivity index (χ4v) is 5.35. The molecule has 0 unspecified atom stereocenters. The average molecular weight is 471 g/mol. The van der Waals surface area contributed by atoms with Crippen LogP contribution in [0.25, 0.3) is 10.2 Å². The number of rotatable bonds is 4. The summed E-state index contributed by atoms with van der Waals surface area (Å²) in [7, 11) is 0. The van der Waals surface area contributed by atoms with Gasteiger partial charge in [0.2, 0.25) is 5.78 Å². The summed E-state index contributed by atoms with van der Waals surface area (Å²) in [5.41, 5.74) is 1.08. The maximum absolute atomic E-state index is 13.7. The van der Waals surface area contributed by atoms with Gasteiger partial charge < -0.3 is 5.11 Å². The molecule has 2 aromatic heterocycles. The van der Waals surface area contributed by atoms with E-state index in [2.05, 4.69) is 4.98 Å². The molecular formula is C22H12ClFN2O3S2. The first kappa shape index (κ1) is 19.9. The van der Waals surface area contributed by atoms with Gasteiger partial charge in [-0.2, -0.15) is 0 Å². The Kier molecular flexibility index (Phi) is 4.85. The fourth-order valence-electron chi connectivity index (χ4n) is 3.52. The first-order chi connectivity index (χ1) is 14.9. The van der Waals surface area contributed by atoms with Gasteiger partial charge in [0, 0.05) is 5.02 Å². The molecule has 0 fully saturated rings. The lowest BCUT2D eigenvalue weighted by atomic mass is 9.95. The molecule has 1 aliphatic rings. The smallest absolute Gasteiger partial charge is 0.296 e. The number of amides is 1. The van der Waals surface area contributed by atoms with Gasteiger partial charge in [-0.1, -0.05) is 41.1 Å². The van der Waals surface area contributed by atoms with Gasteiger partial charge in [-0.25, -0.2) is 9.37 Å². The van der Waals surface area contributed by atoms with Crippen LogP contribution in [-0.4, -0.2) is 21.8 Å². The first-order valence-electron chi connectivity index (χ1n) is 9.10. The maximum Gasteiger partial charge on any atom is 0.296 e. The normalized spacial score (nSPS) is 16.5. The number of aliphatic hydroxyl groups is 1. The lowest BCUT2D eigenvalue weighted by Crippen LogP contribution is -2.30. The molecule has 5 nitrogen and oxygen atoms in total. The van der Waals surface area contributed by atoms with Crippen LogP contribution in [0.3, 0.4) is 0 Å². The predicted molar refractivity (Wildman–Crippen MR) is 120 cm³/mol. The predicted octanol–water partition coefficient (Wildman–Crippen LogP) is 5.93. The summed E-state index contributed by atoms with van der Waals surface area (Å²) in [5, 5.41) is 13.2. The van der Waals surface area contributed by atoms with Crippen molar-refractivity contribution in [2.24, 2.45) is 0 Å². The zero-order valence-corrected chi connectivity index (χ0v) is 18.0. The van der Waals surface area contributed by atoms with E-state index >= 15 is 0 Å². The lowest BCUT2D eigenvalue weighted by molar-refractivity contribution is -0.117. The number of hydrogen-bond acceptors (Lipinski definition) is 6. The highest BCUT2D eigenvalue weighted by Gasteiger charge is 2.46. The second-order valence-corrected chi connectivity index (χ2v) is 9.20. The van der Waals surface area contributed by atoms with E-state index in [1.807, 2.05) is 0 Å². The highest BCUT2D eigenvalue weighted by Crippen LogP contribution is 2.44. The van der Waals surface area contributed by atoms with Crippen LogP contribution in [0, 0.1) is 5.82 Å². The molecular weight excluding hydrogens is 459 g/mol. The molecule has 3 heterocycles. The fraction of sp³-hybridized carbons (Fsp3) is 0.0455. The zero-order chi connectivity index (χ0) is 21.7. The van der Waals surface area contributed by atoms with E-state index in [-0.39, 0.29) is 10.7 Å². The molecule has 0 radical (unpaired) electrons. The van der Waals surface area contributed by atoms with Crippen LogP contribution in [0.2, 0.25) is 5.02 Å². The molecule has 4 aromatic rings. The van der Waals surface area contributed by atoms with Crippen LogP contribution in [-0.2, 0) is 4.79 Å². The number of carbonyl (C=O) groups is 2. The molecule has 9 heteroatoms. The van der Waals surface area contributed by atoms with Crippen molar-refractivity contribution in [3.05, 3.63) is 92.6 Å². The highest BCUT2D eigenvalue weighted by molar-refractivity contribution is 7.22. The van der Waals surface area contributed by atoms with Gasteiger partial charge in [0.05, 0.1) is 26.7 Å². The highest BCUT2D eigenvalue weighted by atomic mass is 35.5. The molecule has 0 aliphatic carbocycles. The molecule has 31 heavy (non-hydrogen) atoms. The largest absolute Gasteiger partial charge is 0.503 e. The minimum Gasteiger partial charge on any atom is -0.503 e. The molecule has 0 saturated carbocycles. The van der Waals surface area contributed by atoms with Gasteiger partial charge in [-0.3, -0.25) is 14.5 Å². The maximum atomic E-state index is 13.7. The zero-order valence-electron chi connectivity index (χ0n) is 15.6. The molecule has 1 aliphatic heterocycles. The number of thiazole rings is 1. The van der Waals surface area contributed by atoms with Crippen LogP contribution >= 0.6 is 34.3 Å². The third-order valence-corrected chi connectivity index (χ3v) is 7.07. The molecule has 1 amide bonds. The number of halogens is 2. The average Bonchev–Trinajstić information content (AvgIpc) is 3.47. The Morgan fingerprint density at radius 2 is 1.94 bits per heavy atom. The molecule has 2 aromatic carbocycles. The van der Waals surface area contributed by atoms with E-state index in [9.17, 15) is 19.1 Å². The summed E-state index contributed by atoms with van der Waals surface area (Å²) in [5.74, 6) is -2.21. The Morgan fingerprint density at radius 3 is 2.65 bits per heavy atom. The number of benzene rings is 2. The first-order valence-corrected chi connectivity index (χ1v) is 11.2. The standard InChI is InChI=1S/C22H12ClFN2O3S2/c23-12-5-3-11(4-6-12)18-17(19(27)15-2-1-9-30-15)20(28)21(29)26(18)22-25-14-8-7-13(24)10-16(14)31-22/h1-10,18,28H/t18-/m0/s1. The number of Topliss-reactive ketones (excluding diaryl/α,β-unsaturated/α-hetero) is 1. The molecule has 1 atom stereocenters. The number of hydrogen-bond donors (Lipinski definition) is 1. The van der Waals surface area contributed by atoms with Gasteiger partial charge in [-0.15, -0.1) is 11.3 Å². The Hall–Kier alpha value is -3.07.